The molecule has 0 aliphatic rings. The van der Waals surface area contributed by atoms with Crippen LogP contribution in [0.25, 0.3) is 0 Å². The van der Waals surface area contributed by atoms with Crippen LogP contribution in [0.3, 0.4) is 0 Å². The molecule has 3 N–H and O–H groups in total. The monoisotopic (exact) mass is 269 g/mol. The third-order valence-electron chi connectivity index (χ3n) is 2.77. The van der Waals surface area contributed by atoms with Gasteiger partial charge in [-0.3, -0.25) is 20.2 Å². The molecule has 6 heteroatoms. The normalized spacial score (nSPS) is 10.1. The van der Waals surface area contributed by atoms with Gasteiger partial charge in [-0.25, -0.2) is 10.8 Å². The van der Waals surface area contributed by atoms with Crippen LogP contribution in [-0.2, 0) is 0 Å². The number of rotatable bonds is 5. The van der Waals surface area contributed by atoms with Gasteiger partial charge in [0.15, 0.2) is 11.6 Å². The minimum absolute atomic E-state index is 0.00649. The summed E-state index contributed by atoms with van der Waals surface area (Å²) < 4.78 is 0. The third kappa shape index (κ3) is 3.46. The van der Waals surface area contributed by atoms with Crippen molar-refractivity contribution in [3.63, 3.8) is 0 Å². The van der Waals surface area contributed by atoms with Crippen LogP contribution in [0.5, 0.6) is 0 Å². The lowest BCUT2D eigenvalue weighted by molar-refractivity contribution is 0.0974. The summed E-state index contributed by atoms with van der Waals surface area (Å²) in [5.74, 6) is 5.80. The SMILES string of the molecule is N=C(c1cnccn1)N(N)CCC(=O)c1ccccc1. The fraction of sp³-hybridized carbons (Fsp3) is 0.143. The van der Waals surface area contributed by atoms with Crippen molar-refractivity contribution in [3.8, 4) is 0 Å². The number of amidine groups is 1. The lowest BCUT2D eigenvalue weighted by Crippen LogP contribution is -2.39. The van der Waals surface area contributed by atoms with E-state index in [4.69, 9.17) is 11.3 Å². The first-order valence-electron chi connectivity index (χ1n) is 6.14. The van der Waals surface area contributed by atoms with Gasteiger partial charge in [-0.05, 0) is 0 Å². The summed E-state index contributed by atoms with van der Waals surface area (Å²) in [7, 11) is 0. The number of hydrogen-bond donors (Lipinski definition) is 2. The van der Waals surface area contributed by atoms with E-state index in [2.05, 4.69) is 9.97 Å². The number of carbonyl (C=O) groups excluding carboxylic acids is 1. The van der Waals surface area contributed by atoms with Crippen LogP contribution < -0.4 is 5.84 Å². The highest BCUT2D eigenvalue weighted by Gasteiger charge is 2.12. The van der Waals surface area contributed by atoms with Gasteiger partial charge >= 0.3 is 0 Å². The highest BCUT2D eigenvalue weighted by atomic mass is 16.1. The van der Waals surface area contributed by atoms with Gasteiger partial charge in [-0.2, -0.15) is 0 Å². The Morgan fingerprint density at radius 1 is 1.25 bits per heavy atom. The van der Waals surface area contributed by atoms with Crippen LogP contribution >= 0.6 is 0 Å². The Bertz CT molecular complexity index is 585. The summed E-state index contributed by atoms with van der Waals surface area (Å²) in [6, 6.07) is 9.01. The van der Waals surface area contributed by atoms with Gasteiger partial charge in [-0.1, -0.05) is 30.3 Å². The number of hydrazine groups is 1. The molecule has 0 aliphatic heterocycles. The molecule has 2 aromatic rings. The average Bonchev–Trinajstić information content (AvgIpc) is 2.53. The average molecular weight is 269 g/mol. The first-order chi connectivity index (χ1) is 9.68. The van der Waals surface area contributed by atoms with Crippen molar-refractivity contribution in [2.45, 2.75) is 6.42 Å². The second-order valence-electron chi connectivity index (χ2n) is 4.17. The van der Waals surface area contributed by atoms with Crippen molar-refractivity contribution in [2.75, 3.05) is 6.54 Å². The lowest BCUT2D eigenvalue weighted by Gasteiger charge is -2.18. The Morgan fingerprint density at radius 2 is 2.00 bits per heavy atom. The molecule has 1 aromatic carbocycles. The molecule has 0 amide bonds. The molecule has 0 fully saturated rings. The summed E-state index contributed by atoms with van der Waals surface area (Å²) in [4.78, 5) is 19.8. The molecule has 0 aliphatic carbocycles. The van der Waals surface area contributed by atoms with Crippen LogP contribution in [0, 0.1) is 5.41 Å². The maximum absolute atomic E-state index is 11.9. The number of ketones is 1. The van der Waals surface area contributed by atoms with Gasteiger partial charge in [0.05, 0.1) is 6.20 Å². The van der Waals surface area contributed by atoms with Crippen molar-refractivity contribution in [2.24, 2.45) is 5.84 Å². The number of nitrogens with zero attached hydrogens (tertiary/aromatic N) is 3. The highest BCUT2D eigenvalue weighted by molar-refractivity contribution is 5.97. The number of Topliss-reactive ketones (excluding diaryl/α,β-unsaturated/α-hetero) is 1. The largest absolute Gasteiger partial charge is 0.294 e. The van der Waals surface area contributed by atoms with Crippen molar-refractivity contribution in [1.82, 2.24) is 15.0 Å². The fourth-order valence-corrected chi connectivity index (χ4v) is 1.67. The second kappa shape index (κ2) is 6.53. The zero-order valence-corrected chi connectivity index (χ0v) is 10.9. The maximum atomic E-state index is 11.9. The first-order valence-corrected chi connectivity index (χ1v) is 6.14. The summed E-state index contributed by atoms with van der Waals surface area (Å²) in [5, 5.41) is 9.07. The molecule has 1 aromatic heterocycles. The molecule has 0 spiro atoms. The molecule has 1 heterocycles. The summed E-state index contributed by atoms with van der Waals surface area (Å²) in [5.41, 5.74) is 1.02. The Kier molecular flexibility index (Phi) is 4.52. The molecule has 0 radical (unpaired) electrons. The minimum atomic E-state index is -0.00649. The Hall–Kier alpha value is -2.60. The highest BCUT2D eigenvalue weighted by Crippen LogP contribution is 2.04. The van der Waals surface area contributed by atoms with E-state index in [-0.39, 0.29) is 24.6 Å². The predicted molar refractivity (Wildman–Crippen MR) is 75.1 cm³/mol. The first kappa shape index (κ1) is 13.8. The van der Waals surface area contributed by atoms with E-state index >= 15 is 0 Å². The van der Waals surface area contributed by atoms with E-state index in [1.165, 1.54) is 23.6 Å². The minimum Gasteiger partial charge on any atom is -0.294 e. The molecule has 0 saturated heterocycles. The zero-order chi connectivity index (χ0) is 14.4. The van der Waals surface area contributed by atoms with E-state index in [0.717, 1.165) is 0 Å². The summed E-state index contributed by atoms with van der Waals surface area (Å²) >= 11 is 0. The Labute approximate surface area is 116 Å². The summed E-state index contributed by atoms with van der Waals surface area (Å²) in [6.45, 7) is 0.253. The molecule has 2 rings (SSSR count). The van der Waals surface area contributed by atoms with Gasteiger partial charge in [0.2, 0.25) is 0 Å². The second-order valence-corrected chi connectivity index (χ2v) is 4.17. The fourth-order valence-electron chi connectivity index (χ4n) is 1.67. The standard InChI is InChI=1S/C14H15N5O/c15-14(12-10-17-7-8-18-12)19(16)9-6-13(20)11-4-2-1-3-5-11/h1-5,7-8,10,15H,6,9,16H2. The van der Waals surface area contributed by atoms with Gasteiger partial charge < -0.3 is 0 Å². The maximum Gasteiger partial charge on any atom is 0.164 e. The van der Waals surface area contributed by atoms with Crippen molar-refractivity contribution >= 4 is 11.6 Å². The van der Waals surface area contributed by atoms with Crippen LogP contribution in [-0.4, -0.2) is 33.1 Å². The molecule has 0 atom stereocenters. The van der Waals surface area contributed by atoms with E-state index < -0.39 is 0 Å². The van der Waals surface area contributed by atoms with Crippen molar-refractivity contribution in [1.29, 1.82) is 5.41 Å². The van der Waals surface area contributed by atoms with Crippen molar-refractivity contribution in [3.05, 3.63) is 60.2 Å². The van der Waals surface area contributed by atoms with E-state index in [1.807, 2.05) is 18.2 Å². The lowest BCUT2D eigenvalue weighted by atomic mass is 10.1. The van der Waals surface area contributed by atoms with Gasteiger partial charge in [0, 0.05) is 30.9 Å². The Balaban J connectivity index is 1.91. The molecule has 6 nitrogen and oxygen atoms in total. The molecule has 0 unspecified atom stereocenters. The molecule has 20 heavy (non-hydrogen) atoms. The summed E-state index contributed by atoms with van der Waals surface area (Å²) in [6.07, 6.45) is 4.72. The topological polar surface area (TPSA) is 96.0 Å². The number of nitrogens with one attached hydrogen (secondary N) is 1. The molecule has 0 bridgehead atoms. The van der Waals surface area contributed by atoms with Gasteiger partial charge in [0.25, 0.3) is 0 Å². The van der Waals surface area contributed by atoms with Gasteiger partial charge in [-0.15, -0.1) is 0 Å². The quantitative estimate of drug-likeness (QED) is 0.280. The van der Waals surface area contributed by atoms with Crippen LogP contribution in [0.2, 0.25) is 0 Å². The van der Waals surface area contributed by atoms with Crippen LogP contribution in [0.1, 0.15) is 22.5 Å². The number of aromatic nitrogens is 2. The number of benzene rings is 1. The number of hydrogen-bond acceptors (Lipinski definition) is 5. The third-order valence-corrected chi connectivity index (χ3v) is 2.77. The molecular weight excluding hydrogens is 254 g/mol. The zero-order valence-electron chi connectivity index (χ0n) is 10.9. The van der Waals surface area contributed by atoms with E-state index in [1.54, 1.807) is 12.1 Å². The molecule has 0 saturated carbocycles. The smallest absolute Gasteiger partial charge is 0.164 e. The molecule has 102 valence electrons. The Morgan fingerprint density at radius 3 is 2.65 bits per heavy atom. The number of nitrogens with two attached hydrogens (primary N) is 1. The van der Waals surface area contributed by atoms with E-state index in [0.29, 0.717) is 11.3 Å². The van der Waals surface area contributed by atoms with Crippen LogP contribution in [0.15, 0.2) is 48.9 Å². The van der Waals surface area contributed by atoms with Crippen molar-refractivity contribution < 1.29 is 4.79 Å². The van der Waals surface area contributed by atoms with E-state index in [9.17, 15) is 4.79 Å². The van der Waals surface area contributed by atoms with Crippen LogP contribution in [0.4, 0.5) is 0 Å². The predicted octanol–water partition coefficient (Wildman–Crippen LogP) is 1.25. The van der Waals surface area contributed by atoms with Gasteiger partial charge in [0.1, 0.15) is 5.69 Å². The molecular formula is C14H15N5O. The number of carbonyl (C=O) groups is 1.